The van der Waals surface area contributed by atoms with Crippen LogP contribution in [-0.2, 0) is 0 Å². The van der Waals surface area contributed by atoms with Gasteiger partial charge in [-0.05, 0) is 29.6 Å². The SMILES string of the molecule is CCNC(c1cncc(F)c1)c1sccc1OC. The quantitative estimate of drug-likeness (QED) is 0.903. The number of pyridine rings is 1. The Bertz CT molecular complexity index is 515. The molecule has 0 aliphatic rings. The summed E-state index contributed by atoms with van der Waals surface area (Å²) in [6.07, 6.45) is 2.88. The first-order valence-corrected chi connectivity index (χ1v) is 6.59. The van der Waals surface area contributed by atoms with Crippen LogP contribution in [0.1, 0.15) is 23.4 Å². The largest absolute Gasteiger partial charge is 0.496 e. The summed E-state index contributed by atoms with van der Waals surface area (Å²) in [6.45, 7) is 2.79. The van der Waals surface area contributed by atoms with Gasteiger partial charge < -0.3 is 10.1 Å². The van der Waals surface area contributed by atoms with E-state index in [0.717, 1.165) is 22.7 Å². The van der Waals surface area contributed by atoms with Crippen LogP contribution < -0.4 is 10.1 Å². The van der Waals surface area contributed by atoms with Crippen LogP contribution in [0, 0.1) is 5.82 Å². The Morgan fingerprint density at radius 1 is 1.50 bits per heavy atom. The fraction of sp³-hybridized carbons (Fsp3) is 0.308. The van der Waals surface area contributed by atoms with Gasteiger partial charge in [0, 0.05) is 6.20 Å². The minimum atomic E-state index is -0.328. The van der Waals surface area contributed by atoms with E-state index in [-0.39, 0.29) is 11.9 Å². The van der Waals surface area contributed by atoms with E-state index in [1.807, 2.05) is 18.4 Å². The highest BCUT2D eigenvalue weighted by molar-refractivity contribution is 7.10. The van der Waals surface area contributed by atoms with Gasteiger partial charge >= 0.3 is 0 Å². The third kappa shape index (κ3) is 2.68. The van der Waals surface area contributed by atoms with Gasteiger partial charge in [-0.1, -0.05) is 6.92 Å². The highest BCUT2D eigenvalue weighted by atomic mass is 32.1. The summed E-state index contributed by atoms with van der Waals surface area (Å²) in [5.41, 5.74) is 0.803. The number of thiophene rings is 1. The van der Waals surface area contributed by atoms with Crippen LogP contribution in [0.15, 0.2) is 29.9 Å². The highest BCUT2D eigenvalue weighted by Gasteiger charge is 2.19. The van der Waals surface area contributed by atoms with Gasteiger partial charge in [-0.25, -0.2) is 4.39 Å². The summed E-state index contributed by atoms with van der Waals surface area (Å²) in [6, 6.07) is 3.32. The molecule has 0 radical (unpaired) electrons. The molecule has 0 saturated heterocycles. The number of rotatable bonds is 5. The molecule has 1 N–H and O–H groups in total. The minimum absolute atomic E-state index is 0.0897. The lowest BCUT2D eigenvalue weighted by Gasteiger charge is -2.18. The maximum atomic E-state index is 13.3. The maximum absolute atomic E-state index is 13.3. The van der Waals surface area contributed by atoms with Crippen molar-refractivity contribution in [3.05, 3.63) is 46.2 Å². The van der Waals surface area contributed by atoms with E-state index in [4.69, 9.17) is 4.74 Å². The first-order valence-electron chi connectivity index (χ1n) is 5.71. The molecule has 0 fully saturated rings. The molecule has 18 heavy (non-hydrogen) atoms. The molecule has 5 heteroatoms. The zero-order valence-corrected chi connectivity index (χ0v) is 11.1. The van der Waals surface area contributed by atoms with Gasteiger partial charge in [0.25, 0.3) is 0 Å². The molecule has 3 nitrogen and oxygen atoms in total. The molecule has 0 amide bonds. The van der Waals surface area contributed by atoms with Crippen LogP contribution in [0.5, 0.6) is 5.75 Å². The van der Waals surface area contributed by atoms with Crippen LogP contribution in [0.4, 0.5) is 4.39 Å². The molecule has 96 valence electrons. The number of methoxy groups -OCH3 is 1. The highest BCUT2D eigenvalue weighted by Crippen LogP contribution is 2.34. The zero-order valence-electron chi connectivity index (χ0n) is 10.3. The van der Waals surface area contributed by atoms with Crippen molar-refractivity contribution in [2.45, 2.75) is 13.0 Å². The molecule has 0 bridgehead atoms. The van der Waals surface area contributed by atoms with Crippen LogP contribution in [-0.4, -0.2) is 18.6 Å². The number of halogens is 1. The van der Waals surface area contributed by atoms with Crippen LogP contribution in [0.25, 0.3) is 0 Å². The van der Waals surface area contributed by atoms with E-state index >= 15 is 0 Å². The Kier molecular flexibility index (Phi) is 4.28. The number of hydrogen-bond acceptors (Lipinski definition) is 4. The van der Waals surface area contributed by atoms with Gasteiger partial charge in [-0.2, -0.15) is 0 Å². The molecule has 0 aliphatic heterocycles. The molecule has 2 rings (SSSR count). The molecule has 0 saturated carbocycles. The topological polar surface area (TPSA) is 34.2 Å². The maximum Gasteiger partial charge on any atom is 0.141 e. The summed E-state index contributed by atoms with van der Waals surface area (Å²) in [4.78, 5) is 4.94. The monoisotopic (exact) mass is 266 g/mol. The Balaban J connectivity index is 2.39. The van der Waals surface area contributed by atoms with Gasteiger partial charge in [0.2, 0.25) is 0 Å². The predicted octanol–water partition coefficient (Wildman–Crippen LogP) is 2.99. The summed E-state index contributed by atoms with van der Waals surface area (Å²) < 4.78 is 18.6. The first kappa shape index (κ1) is 13.0. The Labute approximate surface area is 110 Å². The lowest BCUT2D eigenvalue weighted by atomic mass is 10.1. The molecule has 2 heterocycles. The van der Waals surface area contributed by atoms with Crippen molar-refractivity contribution < 1.29 is 9.13 Å². The van der Waals surface area contributed by atoms with Crippen LogP contribution in [0.3, 0.4) is 0 Å². The Morgan fingerprint density at radius 2 is 2.33 bits per heavy atom. The summed E-state index contributed by atoms with van der Waals surface area (Å²) in [7, 11) is 1.64. The van der Waals surface area contributed by atoms with Gasteiger partial charge in [0.1, 0.15) is 11.6 Å². The second kappa shape index (κ2) is 5.93. The van der Waals surface area contributed by atoms with Gasteiger partial charge in [-0.15, -0.1) is 11.3 Å². The van der Waals surface area contributed by atoms with E-state index in [9.17, 15) is 4.39 Å². The number of ether oxygens (including phenoxy) is 1. The third-order valence-corrected chi connectivity index (χ3v) is 3.57. The second-order valence-corrected chi connectivity index (χ2v) is 4.73. The molecule has 1 atom stereocenters. The van der Waals surface area contributed by atoms with Crippen molar-refractivity contribution in [1.29, 1.82) is 0 Å². The third-order valence-electron chi connectivity index (χ3n) is 2.61. The molecular weight excluding hydrogens is 251 g/mol. The Morgan fingerprint density at radius 3 is 3.00 bits per heavy atom. The van der Waals surface area contributed by atoms with Crippen LogP contribution in [0.2, 0.25) is 0 Å². The fourth-order valence-corrected chi connectivity index (χ4v) is 2.80. The molecule has 0 aromatic carbocycles. The number of nitrogens with one attached hydrogen (secondary N) is 1. The first-order chi connectivity index (χ1) is 8.76. The van der Waals surface area contributed by atoms with E-state index in [1.54, 1.807) is 24.6 Å². The van der Waals surface area contributed by atoms with Crippen molar-refractivity contribution in [2.24, 2.45) is 0 Å². The summed E-state index contributed by atoms with van der Waals surface area (Å²) in [5.74, 6) is 0.487. The molecule has 0 spiro atoms. The van der Waals surface area contributed by atoms with Crippen molar-refractivity contribution in [1.82, 2.24) is 10.3 Å². The molecular formula is C13H15FN2OS. The number of nitrogens with zero attached hydrogens (tertiary/aromatic N) is 1. The van der Waals surface area contributed by atoms with E-state index in [2.05, 4.69) is 10.3 Å². The molecule has 0 aliphatic carbocycles. The summed E-state index contributed by atoms with van der Waals surface area (Å²) >= 11 is 1.59. The van der Waals surface area contributed by atoms with Crippen LogP contribution >= 0.6 is 11.3 Å². The number of aromatic nitrogens is 1. The minimum Gasteiger partial charge on any atom is -0.496 e. The van der Waals surface area contributed by atoms with E-state index in [1.165, 1.54) is 12.3 Å². The van der Waals surface area contributed by atoms with Crippen molar-refractivity contribution >= 4 is 11.3 Å². The lowest BCUT2D eigenvalue weighted by Crippen LogP contribution is -2.21. The average molecular weight is 266 g/mol. The smallest absolute Gasteiger partial charge is 0.141 e. The van der Waals surface area contributed by atoms with Crippen molar-refractivity contribution in [2.75, 3.05) is 13.7 Å². The Hall–Kier alpha value is -1.46. The normalized spacial score (nSPS) is 12.4. The number of hydrogen-bond donors (Lipinski definition) is 1. The molecule has 1 unspecified atom stereocenters. The van der Waals surface area contributed by atoms with E-state index in [0.29, 0.717) is 0 Å². The van der Waals surface area contributed by atoms with Crippen molar-refractivity contribution in [3.63, 3.8) is 0 Å². The van der Waals surface area contributed by atoms with Gasteiger partial charge in [0.15, 0.2) is 0 Å². The average Bonchev–Trinajstić information content (AvgIpc) is 2.84. The molecule has 2 aromatic rings. The zero-order chi connectivity index (χ0) is 13.0. The lowest BCUT2D eigenvalue weighted by molar-refractivity contribution is 0.407. The predicted molar refractivity (Wildman–Crippen MR) is 70.6 cm³/mol. The summed E-state index contributed by atoms with van der Waals surface area (Å²) in [5, 5.41) is 5.29. The molecule has 2 aromatic heterocycles. The van der Waals surface area contributed by atoms with E-state index < -0.39 is 0 Å². The van der Waals surface area contributed by atoms with Crippen molar-refractivity contribution in [3.8, 4) is 5.75 Å². The van der Waals surface area contributed by atoms with Gasteiger partial charge in [-0.3, -0.25) is 4.98 Å². The fourth-order valence-electron chi connectivity index (χ4n) is 1.84. The van der Waals surface area contributed by atoms with Gasteiger partial charge in [0.05, 0.1) is 24.2 Å². The second-order valence-electron chi connectivity index (χ2n) is 3.78. The standard InChI is InChI=1S/C13H15FN2OS/c1-3-16-12(9-6-10(14)8-15-7-9)13-11(17-2)4-5-18-13/h4-8,12,16H,3H2,1-2H3.